The lowest BCUT2D eigenvalue weighted by Crippen LogP contribution is -2.24. The SMILES string of the molecule is O=C1c2ccccc2C(=O)N1/N=C/c1cc([N+](=O)[O-])ccc1Cl. The molecule has 2 aromatic carbocycles. The van der Waals surface area contributed by atoms with Gasteiger partial charge in [-0.3, -0.25) is 19.7 Å². The van der Waals surface area contributed by atoms with Crippen molar-refractivity contribution in [2.75, 3.05) is 0 Å². The topological polar surface area (TPSA) is 92.9 Å². The van der Waals surface area contributed by atoms with Gasteiger partial charge in [0.15, 0.2) is 0 Å². The van der Waals surface area contributed by atoms with Gasteiger partial charge < -0.3 is 0 Å². The number of hydrogen-bond donors (Lipinski definition) is 0. The molecule has 8 heteroatoms. The lowest BCUT2D eigenvalue weighted by molar-refractivity contribution is -0.384. The maximum absolute atomic E-state index is 12.1. The van der Waals surface area contributed by atoms with Crippen LogP contribution in [0, 0.1) is 10.1 Å². The highest BCUT2D eigenvalue weighted by molar-refractivity contribution is 6.33. The van der Waals surface area contributed by atoms with Gasteiger partial charge in [0.25, 0.3) is 17.5 Å². The van der Waals surface area contributed by atoms with Gasteiger partial charge in [0.1, 0.15) is 0 Å². The molecular formula is C15H8ClN3O4. The van der Waals surface area contributed by atoms with Crippen molar-refractivity contribution in [2.45, 2.75) is 0 Å². The average molecular weight is 330 g/mol. The minimum Gasteiger partial charge on any atom is -0.267 e. The molecule has 0 saturated heterocycles. The number of fused-ring (bicyclic) bond motifs is 1. The largest absolute Gasteiger partial charge is 0.282 e. The second-order valence-corrected chi connectivity index (χ2v) is 5.08. The second-order valence-electron chi connectivity index (χ2n) is 4.68. The summed E-state index contributed by atoms with van der Waals surface area (Å²) in [6.45, 7) is 0. The Morgan fingerprint density at radius 3 is 2.26 bits per heavy atom. The Bertz CT molecular complexity index is 844. The van der Waals surface area contributed by atoms with Gasteiger partial charge in [-0.2, -0.15) is 10.1 Å². The van der Waals surface area contributed by atoms with Gasteiger partial charge in [-0.15, -0.1) is 0 Å². The first-order chi connectivity index (χ1) is 11.0. The molecule has 2 amide bonds. The van der Waals surface area contributed by atoms with E-state index in [0.717, 1.165) is 6.21 Å². The van der Waals surface area contributed by atoms with Gasteiger partial charge in [0, 0.05) is 22.7 Å². The Hall–Kier alpha value is -3.06. The van der Waals surface area contributed by atoms with Crippen LogP contribution in [0.4, 0.5) is 5.69 Å². The van der Waals surface area contributed by atoms with Gasteiger partial charge >= 0.3 is 0 Å². The van der Waals surface area contributed by atoms with Crippen molar-refractivity contribution < 1.29 is 14.5 Å². The zero-order valence-corrected chi connectivity index (χ0v) is 12.2. The van der Waals surface area contributed by atoms with E-state index in [9.17, 15) is 19.7 Å². The molecule has 0 radical (unpaired) electrons. The highest BCUT2D eigenvalue weighted by Crippen LogP contribution is 2.24. The minimum atomic E-state index is -0.574. The van der Waals surface area contributed by atoms with Gasteiger partial charge in [-0.05, 0) is 18.2 Å². The lowest BCUT2D eigenvalue weighted by atomic mass is 10.1. The first-order valence-electron chi connectivity index (χ1n) is 6.45. The van der Waals surface area contributed by atoms with Crippen molar-refractivity contribution in [1.29, 1.82) is 0 Å². The van der Waals surface area contributed by atoms with Crippen LogP contribution in [-0.2, 0) is 0 Å². The number of nitro groups is 1. The zero-order chi connectivity index (χ0) is 16.6. The van der Waals surface area contributed by atoms with E-state index in [4.69, 9.17) is 11.6 Å². The van der Waals surface area contributed by atoms with Gasteiger partial charge in [-0.25, -0.2) is 0 Å². The summed E-state index contributed by atoms with van der Waals surface area (Å²) in [5.74, 6) is -1.10. The predicted octanol–water partition coefficient (Wildman–Crippen LogP) is 2.88. The molecule has 23 heavy (non-hydrogen) atoms. The molecule has 0 atom stereocenters. The summed E-state index contributed by atoms with van der Waals surface area (Å²) in [5.41, 5.74) is 0.593. The fourth-order valence-electron chi connectivity index (χ4n) is 2.14. The van der Waals surface area contributed by atoms with Crippen LogP contribution in [0.3, 0.4) is 0 Å². The molecule has 1 aliphatic rings. The van der Waals surface area contributed by atoms with Gasteiger partial charge in [-0.1, -0.05) is 23.7 Å². The quantitative estimate of drug-likeness (QED) is 0.374. The van der Waals surface area contributed by atoms with Crippen LogP contribution < -0.4 is 0 Å². The molecule has 1 heterocycles. The van der Waals surface area contributed by atoms with Crippen LogP contribution in [0.5, 0.6) is 0 Å². The Balaban J connectivity index is 1.93. The van der Waals surface area contributed by atoms with E-state index in [-0.39, 0.29) is 27.4 Å². The normalized spacial score (nSPS) is 13.7. The molecule has 2 aromatic rings. The van der Waals surface area contributed by atoms with E-state index in [1.54, 1.807) is 12.1 Å². The van der Waals surface area contributed by atoms with Crippen molar-refractivity contribution in [1.82, 2.24) is 5.01 Å². The first kappa shape index (κ1) is 14.9. The van der Waals surface area contributed by atoms with Crippen LogP contribution in [0.1, 0.15) is 26.3 Å². The Morgan fingerprint density at radius 2 is 1.70 bits per heavy atom. The Morgan fingerprint density at radius 1 is 1.09 bits per heavy atom. The van der Waals surface area contributed by atoms with E-state index in [0.29, 0.717) is 5.01 Å². The third kappa shape index (κ3) is 2.58. The molecule has 0 aromatic heterocycles. The third-order valence-electron chi connectivity index (χ3n) is 3.28. The molecule has 0 saturated carbocycles. The highest BCUT2D eigenvalue weighted by atomic mass is 35.5. The third-order valence-corrected chi connectivity index (χ3v) is 3.62. The number of amides is 2. The molecule has 0 unspecified atom stereocenters. The van der Waals surface area contributed by atoms with Crippen molar-refractivity contribution in [3.63, 3.8) is 0 Å². The van der Waals surface area contributed by atoms with Crippen molar-refractivity contribution in [3.05, 3.63) is 74.3 Å². The number of rotatable bonds is 3. The number of carbonyl (C=O) groups is 2. The van der Waals surface area contributed by atoms with Crippen LogP contribution in [-0.4, -0.2) is 28.0 Å². The number of benzene rings is 2. The maximum atomic E-state index is 12.1. The van der Waals surface area contributed by atoms with Gasteiger partial charge in [0.05, 0.1) is 22.3 Å². The number of imide groups is 1. The van der Waals surface area contributed by atoms with Crippen molar-refractivity contribution in [2.24, 2.45) is 5.10 Å². The second kappa shape index (κ2) is 5.62. The molecule has 114 valence electrons. The summed E-state index contributed by atoms with van der Waals surface area (Å²) in [4.78, 5) is 34.5. The highest BCUT2D eigenvalue weighted by Gasteiger charge is 2.35. The van der Waals surface area contributed by atoms with Crippen LogP contribution >= 0.6 is 11.6 Å². The summed E-state index contributed by atoms with van der Waals surface area (Å²) in [6, 6.07) is 10.2. The summed E-state index contributed by atoms with van der Waals surface area (Å²) >= 11 is 5.95. The van der Waals surface area contributed by atoms with E-state index < -0.39 is 16.7 Å². The summed E-state index contributed by atoms with van der Waals surface area (Å²) < 4.78 is 0. The summed E-state index contributed by atoms with van der Waals surface area (Å²) in [6.07, 6.45) is 1.15. The van der Waals surface area contributed by atoms with Crippen LogP contribution in [0.15, 0.2) is 47.6 Å². The van der Waals surface area contributed by atoms with E-state index >= 15 is 0 Å². The fourth-order valence-corrected chi connectivity index (χ4v) is 2.31. The van der Waals surface area contributed by atoms with E-state index in [1.807, 2.05) is 0 Å². The maximum Gasteiger partial charge on any atom is 0.282 e. The number of nitrogens with zero attached hydrogens (tertiary/aromatic N) is 3. The standard InChI is InChI=1S/C15H8ClN3O4/c16-13-6-5-10(19(22)23)7-9(13)8-17-18-14(20)11-3-1-2-4-12(11)15(18)21/h1-8H/b17-8+. The smallest absolute Gasteiger partial charge is 0.267 e. The minimum absolute atomic E-state index is 0.168. The summed E-state index contributed by atoms with van der Waals surface area (Å²) in [7, 11) is 0. The number of hydrogen-bond acceptors (Lipinski definition) is 5. The predicted molar refractivity (Wildman–Crippen MR) is 82.6 cm³/mol. The molecule has 7 nitrogen and oxygen atoms in total. The molecule has 0 N–H and O–H groups in total. The van der Waals surface area contributed by atoms with Crippen molar-refractivity contribution >= 4 is 35.3 Å². The Labute approximate surface area is 134 Å². The van der Waals surface area contributed by atoms with E-state index in [1.165, 1.54) is 30.3 Å². The number of hydrazone groups is 1. The van der Waals surface area contributed by atoms with Crippen LogP contribution in [0.2, 0.25) is 5.02 Å². The number of halogens is 1. The number of carbonyl (C=O) groups excluding carboxylic acids is 2. The molecule has 0 fully saturated rings. The average Bonchev–Trinajstić information content (AvgIpc) is 2.78. The molecule has 3 rings (SSSR count). The van der Waals surface area contributed by atoms with Crippen molar-refractivity contribution in [3.8, 4) is 0 Å². The molecular weight excluding hydrogens is 322 g/mol. The van der Waals surface area contributed by atoms with Crippen LogP contribution in [0.25, 0.3) is 0 Å². The molecule has 0 bridgehead atoms. The zero-order valence-electron chi connectivity index (χ0n) is 11.5. The summed E-state index contributed by atoms with van der Waals surface area (Å²) in [5, 5.41) is 15.5. The number of nitro benzene ring substituents is 1. The molecule has 0 spiro atoms. The van der Waals surface area contributed by atoms with E-state index in [2.05, 4.69) is 5.10 Å². The first-order valence-corrected chi connectivity index (χ1v) is 6.82. The Kier molecular flexibility index (Phi) is 3.63. The monoisotopic (exact) mass is 329 g/mol. The molecule has 0 aliphatic carbocycles. The lowest BCUT2D eigenvalue weighted by Gasteiger charge is -2.06. The van der Waals surface area contributed by atoms with Gasteiger partial charge in [0.2, 0.25) is 0 Å². The number of non-ortho nitro benzene ring substituents is 1. The molecule has 1 aliphatic heterocycles. The fraction of sp³-hybridized carbons (Fsp3) is 0.